The van der Waals surface area contributed by atoms with E-state index in [1.54, 1.807) is 0 Å². The van der Waals surface area contributed by atoms with Crippen LogP contribution in [0.3, 0.4) is 0 Å². The summed E-state index contributed by atoms with van der Waals surface area (Å²) in [5.74, 6) is 2.18. The lowest BCUT2D eigenvalue weighted by Gasteiger charge is -2.36. The van der Waals surface area contributed by atoms with Crippen molar-refractivity contribution in [3.63, 3.8) is 0 Å². The largest absolute Gasteiger partial charge is 0.389 e. The molecule has 0 aromatic carbocycles. The van der Waals surface area contributed by atoms with Crippen LogP contribution < -0.4 is 0 Å². The second-order valence-electron chi connectivity index (χ2n) is 7.10. The van der Waals surface area contributed by atoms with Gasteiger partial charge in [0.2, 0.25) is 0 Å². The Hall–Kier alpha value is -0.120. The SMILES string of the molecule is C[C@@H]1C[C@H](C)CN(C[C@@H](O)CO[C@H]2CCC[C@H]2C)C1. The van der Waals surface area contributed by atoms with E-state index >= 15 is 0 Å². The fourth-order valence-corrected chi connectivity index (χ4v) is 3.89. The van der Waals surface area contributed by atoms with Crippen LogP contribution in [-0.4, -0.2) is 48.5 Å². The molecule has 0 radical (unpaired) electrons. The molecule has 1 saturated heterocycles. The Kier molecular flexibility index (Phi) is 5.67. The van der Waals surface area contributed by atoms with Gasteiger partial charge in [0.15, 0.2) is 0 Å². The van der Waals surface area contributed by atoms with Crippen molar-refractivity contribution in [2.24, 2.45) is 17.8 Å². The second kappa shape index (κ2) is 7.05. The van der Waals surface area contributed by atoms with Crippen molar-refractivity contribution in [3.8, 4) is 0 Å². The van der Waals surface area contributed by atoms with E-state index < -0.39 is 0 Å². The lowest BCUT2D eigenvalue weighted by atomic mass is 9.92. The molecule has 1 saturated carbocycles. The van der Waals surface area contributed by atoms with E-state index in [9.17, 15) is 5.11 Å². The predicted molar refractivity (Wildman–Crippen MR) is 78.1 cm³/mol. The molecule has 1 aliphatic carbocycles. The molecule has 0 aromatic rings. The summed E-state index contributed by atoms with van der Waals surface area (Å²) < 4.78 is 5.90. The van der Waals surface area contributed by atoms with Gasteiger partial charge in [-0.15, -0.1) is 0 Å². The Bertz CT molecular complexity index is 261. The number of ether oxygens (including phenoxy) is 1. The van der Waals surface area contributed by atoms with Crippen molar-refractivity contribution in [3.05, 3.63) is 0 Å². The van der Waals surface area contributed by atoms with E-state index in [1.165, 1.54) is 25.7 Å². The van der Waals surface area contributed by atoms with E-state index in [0.29, 0.717) is 18.6 Å². The number of β-amino-alcohol motifs (C(OH)–C–C–N with tert-alkyl or cyclic N) is 1. The van der Waals surface area contributed by atoms with Crippen molar-refractivity contribution < 1.29 is 9.84 Å². The molecule has 2 fully saturated rings. The number of piperidine rings is 1. The monoisotopic (exact) mass is 269 g/mol. The van der Waals surface area contributed by atoms with Crippen LogP contribution in [0.1, 0.15) is 46.5 Å². The van der Waals surface area contributed by atoms with Crippen LogP contribution in [0.4, 0.5) is 0 Å². The van der Waals surface area contributed by atoms with E-state index in [-0.39, 0.29) is 6.10 Å². The van der Waals surface area contributed by atoms with Gasteiger partial charge in [0.05, 0.1) is 18.8 Å². The van der Waals surface area contributed by atoms with Gasteiger partial charge in [-0.2, -0.15) is 0 Å². The van der Waals surface area contributed by atoms with Crippen LogP contribution in [0.15, 0.2) is 0 Å². The zero-order valence-corrected chi connectivity index (χ0v) is 12.8. The standard InChI is InChI=1S/C16H31NO2/c1-12-7-13(2)9-17(8-12)10-15(18)11-19-16-6-4-5-14(16)3/h12-16,18H,4-11H2,1-3H3/t12-,13+,14-,15-,16+/m1/s1. The van der Waals surface area contributed by atoms with Gasteiger partial charge >= 0.3 is 0 Å². The van der Waals surface area contributed by atoms with E-state index in [0.717, 1.165) is 31.5 Å². The van der Waals surface area contributed by atoms with Crippen molar-refractivity contribution in [2.45, 2.75) is 58.7 Å². The fourth-order valence-electron chi connectivity index (χ4n) is 3.89. The molecule has 3 heteroatoms. The predicted octanol–water partition coefficient (Wildman–Crippen LogP) is 2.53. The molecule has 1 heterocycles. The van der Waals surface area contributed by atoms with Crippen molar-refractivity contribution >= 4 is 0 Å². The lowest BCUT2D eigenvalue weighted by molar-refractivity contribution is -0.0369. The average molecular weight is 269 g/mol. The van der Waals surface area contributed by atoms with Gasteiger partial charge in [-0.25, -0.2) is 0 Å². The summed E-state index contributed by atoms with van der Waals surface area (Å²) in [5.41, 5.74) is 0. The average Bonchev–Trinajstić information content (AvgIpc) is 2.71. The third kappa shape index (κ3) is 4.73. The van der Waals surface area contributed by atoms with Crippen LogP contribution in [0.2, 0.25) is 0 Å². The Morgan fingerprint density at radius 3 is 2.42 bits per heavy atom. The van der Waals surface area contributed by atoms with Crippen molar-refractivity contribution in [1.82, 2.24) is 4.90 Å². The first-order chi connectivity index (χ1) is 9.04. The summed E-state index contributed by atoms with van der Waals surface area (Å²) in [7, 11) is 0. The minimum Gasteiger partial charge on any atom is -0.389 e. The molecule has 0 aromatic heterocycles. The molecular weight excluding hydrogens is 238 g/mol. The summed E-state index contributed by atoms with van der Waals surface area (Å²) >= 11 is 0. The highest BCUT2D eigenvalue weighted by molar-refractivity contribution is 4.78. The summed E-state index contributed by atoms with van der Waals surface area (Å²) in [5, 5.41) is 10.2. The second-order valence-corrected chi connectivity index (χ2v) is 7.10. The molecule has 0 amide bonds. The normalized spacial score (nSPS) is 38.5. The molecule has 2 rings (SSSR count). The maximum atomic E-state index is 10.2. The lowest BCUT2D eigenvalue weighted by Crippen LogP contribution is -2.44. The van der Waals surface area contributed by atoms with Gasteiger partial charge in [-0.1, -0.05) is 27.2 Å². The summed E-state index contributed by atoms with van der Waals surface area (Å²) in [6, 6.07) is 0. The Labute approximate surface area is 118 Å². The third-order valence-corrected chi connectivity index (χ3v) is 4.70. The number of aliphatic hydroxyl groups excluding tert-OH is 1. The number of nitrogens with zero attached hydrogens (tertiary/aromatic N) is 1. The third-order valence-electron chi connectivity index (χ3n) is 4.70. The highest BCUT2D eigenvalue weighted by atomic mass is 16.5. The molecule has 19 heavy (non-hydrogen) atoms. The van der Waals surface area contributed by atoms with Gasteiger partial charge in [0.25, 0.3) is 0 Å². The molecule has 3 nitrogen and oxygen atoms in total. The summed E-state index contributed by atoms with van der Waals surface area (Å²) in [6.07, 6.45) is 5.11. The molecule has 1 N–H and O–H groups in total. The molecule has 112 valence electrons. The molecule has 0 spiro atoms. The van der Waals surface area contributed by atoms with Gasteiger partial charge < -0.3 is 14.7 Å². The minimum absolute atomic E-state index is 0.328. The maximum Gasteiger partial charge on any atom is 0.0900 e. The quantitative estimate of drug-likeness (QED) is 0.832. The first kappa shape index (κ1) is 15.3. The molecular formula is C16H31NO2. The summed E-state index contributed by atoms with van der Waals surface area (Å²) in [4.78, 5) is 2.41. The number of rotatable bonds is 5. The highest BCUT2D eigenvalue weighted by Gasteiger charge is 2.26. The van der Waals surface area contributed by atoms with Gasteiger partial charge in [0.1, 0.15) is 0 Å². The van der Waals surface area contributed by atoms with Crippen LogP contribution in [0.25, 0.3) is 0 Å². The smallest absolute Gasteiger partial charge is 0.0900 e. The number of likely N-dealkylation sites (tertiary alicyclic amines) is 1. The van der Waals surface area contributed by atoms with Crippen LogP contribution in [-0.2, 0) is 4.74 Å². The summed E-state index contributed by atoms with van der Waals surface area (Å²) in [6.45, 7) is 10.4. The molecule has 1 aliphatic heterocycles. The molecule has 5 atom stereocenters. The molecule has 2 aliphatic rings. The van der Waals surface area contributed by atoms with Gasteiger partial charge in [0, 0.05) is 19.6 Å². The van der Waals surface area contributed by atoms with Crippen LogP contribution in [0.5, 0.6) is 0 Å². The van der Waals surface area contributed by atoms with Crippen molar-refractivity contribution in [2.75, 3.05) is 26.2 Å². The number of hydrogen-bond donors (Lipinski definition) is 1. The first-order valence-corrected chi connectivity index (χ1v) is 8.06. The highest BCUT2D eigenvalue weighted by Crippen LogP contribution is 2.27. The van der Waals surface area contributed by atoms with E-state index in [4.69, 9.17) is 4.74 Å². The maximum absolute atomic E-state index is 10.2. The minimum atomic E-state index is -0.328. The first-order valence-electron chi connectivity index (χ1n) is 8.06. The van der Waals surface area contributed by atoms with Crippen molar-refractivity contribution in [1.29, 1.82) is 0 Å². The number of hydrogen-bond acceptors (Lipinski definition) is 3. The zero-order chi connectivity index (χ0) is 13.8. The Morgan fingerprint density at radius 1 is 1.16 bits per heavy atom. The van der Waals surface area contributed by atoms with Gasteiger partial charge in [-0.05, 0) is 37.0 Å². The van der Waals surface area contributed by atoms with Crippen LogP contribution in [0, 0.1) is 17.8 Å². The Morgan fingerprint density at radius 2 is 1.84 bits per heavy atom. The zero-order valence-electron chi connectivity index (χ0n) is 12.8. The van der Waals surface area contributed by atoms with Gasteiger partial charge in [-0.3, -0.25) is 0 Å². The number of aliphatic hydroxyl groups is 1. The van der Waals surface area contributed by atoms with Crippen LogP contribution >= 0.6 is 0 Å². The molecule has 0 bridgehead atoms. The fraction of sp³-hybridized carbons (Fsp3) is 1.00. The topological polar surface area (TPSA) is 32.7 Å². The Balaban J connectivity index is 1.67. The van der Waals surface area contributed by atoms with E-state index in [1.807, 2.05) is 0 Å². The van der Waals surface area contributed by atoms with E-state index in [2.05, 4.69) is 25.7 Å². The molecule has 0 unspecified atom stereocenters.